The van der Waals surface area contributed by atoms with Crippen molar-refractivity contribution >= 4 is 11.4 Å². The normalized spacial score (nSPS) is 20.6. The van der Waals surface area contributed by atoms with Crippen LogP contribution in [0.25, 0.3) is 5.57 Å². The lowest BCUT2D eigenvalue weighted by Crippen LogP contribution is -2.22. The van der Waals surface area contributed by atoms with E-state index in [1.54, 1.807) is 0 Å². The second kappa shape index (κ2) is 7.45. The van der Waals surface area contributed by atoms with E-state index < -0.39 is 0 Å². The number of para-hydroxylation sites is 2. The van der Waals surface area contributed by atoms with Crippen molar-refractivity contribution in [1.82, 2.24) is 5.32 Å². The van der Waals surface area contributed by atoms with Crippen LogP contribution < -0.4 is 15.8 Å². The van der Waals surface area contributed by atoms with E-state index in [2.05, 4.69) is 29.5 Å². The van der Waals surface area contributed by atoms with Crippen LogP contribution >= 0.6 is 0 Å². The van der Waals surface area contributed by atoms with Crippen molar-refractivity contribution in [2.24, 2.45) is 10.9 Å². The maximum absolute atomic E-state index is 9.18. The molecule has 1 atom stereocenters. The minimum Gasteiger partial charge on any atom is -0.455 e. The van der Waals surface area contributed by atoms with Crippen LogP contribution in [0.2, 0.25) is 0 Å². The number of hydrogen-bond donors (Lipinski definition) is 3. The number of nitrogens with zero attached hydrogens (tertiary/aromatic N) is 1. The molecule has 1 saturated heterocycles. The number of nitrogens with two attached hydrogens (primary N) is 1. The summed E-state index contributed by atoms with van der Waals surface area (Å²) in [5.41, 5.74) is 11.3. The minimum atomic E-state index is 0.0566. The number of fused-ring (bicyclic) bond motifs is 2. The second-order valence-corrected chi connectivity index (χ2v) is 7.10. The van der Waals surface area contributed by atoms with Gasteiger partial charge in [0.15, 0.2) is 5.84 Å². The van der Waals surface area contributed by atoms with Crippen molar-refractivity contribution in [2.45, 2.75) is 38.6 Å². The molecule has 140 valence electrons. The van der Waals surface area contributed by atoms with E-state index in [0.717, 1.165) is 36.3 Å². The van der Waals surface area contributed by atoms with Gasteiger partial charge in [-0.25, -0.2) is 0 Å². The lowest BCUT2D eigenvalue weighted by molar-refractivity contribution is 0.318. The van der Waals surface area contributed by atoms with Crippen LogP contribution in [0, 0.1) is 0 Å². The van der Waals surface area contributed by atoms with Gasteiger partial charge in [-0.2, -0.15) is 0 Å². The predicted molar refractivity (Wildman–Crippen MR) is 107 cm³/mol. The van der Waals surface area contributed by atoms with Crippen molar-refractivity contribution in [3.63, 3.8) is 0 Å². The molecule has 0 spiro atoms. The first kappa shape index (κ1) is 17.6. The SMILES string of the molecule is CC/C(C[C@H]1CCCN1)=C1/c2ccccc2Oc2c(/C(N)=N/O)cccc21. The Bertz CT molecular complexity index is 912. The fourth-order valence-electron chi connectivity index (χ4n) is 4.15. The highest BCUT2D eigenvalue weighted by Gasteiger charge is 2.28. The molecule has 2 aromatic carbocycles. The third-order valence-corrected chi connectivity index (χ3v) is 5.47. The summed E-state index contributed by atoms with van der Waals surface area (Å²) < 4.78 is 6.20. The van der Waals surface area contributed by atoms with Crippen LogP contribution in [0.4, 0.5) is 0 Å². The van der Waals surface area contributed by atoms with Gasteiger partial charge in [0.25, 0.3) is 0 Å². The van der Waals surface area contributed by atoms with Gasteiger partial charge >= 0.3 is 0 Å². The monoisotopic (exact) mass is 363 g/mol. The Morgan fingerprint density at radius 3 is 2.78 bits per heavy atom. The molecule has 0 bridgehead atoms. The molecule has 0 aliphatic carbocycles. The van der Waals surface area contributed by atoms with Crippen molar-refractivity contribution in [1.29, 1.82) is 0 Å². The first-order valence-electron chi connectivity index (χ1n) is 9.56. The number of nitrogens with one attached hydrogen (secondary N) is 1. The Kier molecular flexibility index (Phi) is 4.86. The molecule has 0 aromatic heterocycles. The zero-order valence-corrected chi connectivity index (χ0v) is 15.5. The molecule has 0 amide bonds. The summed E-state index contributed by atoms with van der Waals surface area (Å²) in [4.78, 5) is 0. The van der Waals surface area contributed by atoms with Crippen molar-refractivity contribution in [3.05, 3.63) is 64.7 Å². The average Bonchev–Trinajstić information content (AvgIpc) is 3.22. The van der Waals surface area contributed by atoms with Gasteiger partial charge in [0, 0.05) is 17.2 Å². The first-order valence-corrected chi connectivity index (χ1v) is 9.56. The van der Waals surface area contributed by atoms with Crippen molar-refractivity contribution < 1.29 is 9.94 Å². The number of oxime groups is 1. The summed E-state index contributed by atoms with van der Waals surface area (Å²) in [6.07, 6.45) is 4.44. The Hall–Kier alpha value is -2.79. The molecule has 0 radical (unpaired) electrons. The van der Waals surface area contributed by atoms with Gasteiger partial charge < -0.3 is 21.0 Å². The topological polar surface area (TPSA) is 79.9 Å². The van der Waals surface area contributed by atoms with E-state index in [1.807, 2.05) is 30.3 Å². The van der Waals surface area contributed by atoms with Crippen molar-refractivity contribution in [3.8, 4) is 11.5 Å². The van der Waals surface area contributed by atoms with Crippen LogP contribution in [0.3, 0.4) is 0 Å². The molecule has 2 aliphatic heterocycles. The smallest absolute Gasteiger partial charge is 0.173 e. The van der Waals surface area contributed by atoms with Crippen LogP contribution in [-0.2, 0) is 0 Å². The quantitative estimate of drug-likeness (QED) is 0.280. The largest absolute Gasteiger partial charge is 0.455 e. The zero-order valence-electron chi connectivity index (χ0n) is 15.5. The first-order chi connectivity index (χ1) is 13.2. The maximum Gasteiger partial charge on any atom is 0.173 e. The van der Waals surface area contributed by atoms with Gasteiger partial charge in [-0.05, 0) is 49.9 Å². The maximum atomic E-state index is 9.18. The molecule has 5 heteroatoms. The molecule has 1 fully saturated rings. The number of ether oxygens (including phenoxy) is 1. The van der Waals surface area contributed by atoms with Gasteiger partial charge in [-0.15, -0.1) is 0 Å². The minimum absolute atomic E-state index is 0.0566. The molecule has 0 saturated carbocycles. The van der Waals surface area contributed by atoms with Crippen LogP contribution in [0.15, 0.2) is 53.2 Å². The molecular formula is C22H25N3O2. The van der Waals surface area contributed by atoms with E-state index in [1.165, 1.54) is 24.0 Å². The Morgan fingerprint density at radius 2 is 2.04 bits per heavy atom. The highest BCUT2D eigenvalue weighted by atomic mass is 16.5. The predicted octanol–water partition coefficient (Wildman–Crippen LogP) is 4.24. The van der Waals surface area contributed by atoms with Crippen LogP contribution in [0.1, 0.15) is 49.3 Å². The summed E-state index contributed by atoms with van der Waals surface area (Å²) in [6.45, 7) is 3.31. The summed E-state index contributed by atoms with van der Waals surface area (Å²) >= 11 is 0. The molecule has 4 N–H and O–H groups in total. The molecule has 4 rings (SSSR count). The number of amidine groups is 1. The molecule has 2 heterocycles. The van der Waals surface area contributed by atoms with E-state index in [4.69, 9.17) is 10.5 Å². The third kappa shape index (κ3) is 3.19. The number of benzene rings is 2. The fourth-order valence-corrected chi connectivity index (χ4v) is 4.15. The summed E-state index contributed by atoms with van der Waals surface area (Å²) in [6, 6.07) is 14.4. The van der Waals surface area contributed by atoms with E-state index in [-0.39, 0.29) is 5.84 Å². The van der Waals surface area contributed by atoms with Gasteiger partial charge in [0.05, 0.1) is 5.56 Å². The lowest BCUT2D eigenvalue weighted by atomic mass is 9.85. The fraction of sp³-hybridized carbons (Fsp3) is 0.318. The van der Waals surface area contributed by atoms with Crippen LogP contribution in [0.5, 0.6) is 11.5 Å². The molecule has 27 heavy (non-hydrogen) atoms. The summed E-state index contributed by atoms with van der Waals surface area (Å²) in [7, 11) is 0. The van der Waals surface area contributed by atoms with E-state index in [9.17, 15) is 5.21 Å². The van der Waals surface area contributed by atoms with Gasteiger partial charge in [-0.3, -0.25) is 0 Å². The zero-order chi connectivity index (χ0) is 18.8. The standard InChI is InChI=1S/C22H25N3O2/c1-2-14(13-15-7-6-12-24-15)20-16-8-3-4-11-19(16)27-21-17(20)9-5-10-18(21)22(23)25-26/h3-5,8-11,15,24,26H,2,6-7,12-13H2,1H3,(H2,23,25)/b20-14+/t15-/m1/s1. The highest BCUT2D eigenvalue weighted by molar-refractivity contribution is 6.03. The molecule has 0 unspecified atom stereocenters. The molecule has 2 aromatic rings. The Labute approximate surface area is 159 Å². The lowest BCUT2D eigenvalue weighted by Gasteiger charge is -2.27. The molecule has 5 nitrogen and oxygen atoms in total. The Morgan fingerprint density at radius 1 is 1.22 bits per heavy atom. The molecular weight excluding hydrogens is 338 g/mol. The van der Waals surface area contributed by atoms with Crippen molar-refractivity contribution in [2.75, 3.05) is 6.54 Å². The van der Waals surface area contributed by atoms with Crippen LogP contribution in [-0.4, -0.2) is 23.6 Å². The number of rotatable bonds is 4. The van der Waals surface area contributed by atoms with E-state index in [0.29, 0.717) is 17.4 Å². The highest BCUT2D eigenvalue weighted by Crippen LogP contribution is 2.47. The van der Waals surface area contributed by atoms with Gasteiger partial charge in [0.2, 0.25) is 0 Å². The summed E-state index contributed by atoms with van der Waals surface area (Å²) in [5, 5.41) is 16.0. The van der Waals surface area contributed by atoms with E-state index >= 15 is 0 Å². The number of hydrogen-bond acceptors (Lipinski definition) is 4. The second-order valence-electron chi connectivity index (χ2n) is 7.10. The van der Waals surface area contributed by atoms with Gasteiger partial charge in [0.1, 0.15) is 11.5 Å². The average molecular weight is 363 g/mol. The molecule has 2 aliphatic rings. The van der Waals surface area contributed by atoms with Gasteiger partial charge in [-0.1, -0.05) is 48.0 Å². The third-order valence-electron chi connectivity index (χ3n) is 5.47. The summed E-state index contributed by atoms with van der Waals surface area (Å²) in [5.74, 6) is 1.52. The Balaban J connectivity index is 1.92.